The van der Waals surface area contributed by atoms with Gasteiger partial charge in [-0.05, 0) is 24.6 Å². The van der Waals surface area contributed by atoms with Crippen molar-refractivity contribution < 1.29 is 14.3 Å². The van der Waals surface area contributed by atoms with Gasteiger partial charge in [0.05, 0.1) is 17.2 Å². The van der Waals surface area contributed by atoms with E-state index in [-0.39, 0.29) is 0 Å². The summed E-state index contributed by atoms with van der Waals surface area (Å²) in [6, 6.07) is 4.96. The van der Waals surface area contributed by atoms with E-state index in [4.69, 9.17) is 39.5 Å². The normalized spacial score (nSPS) is 31.1. The number of hydrogen-bond donors (Lipinski definition) is 0. The number of halogens is 3. The van der Waals surface area contributed by atoms with Gasteiger partial charge in [0.15, 0.2) is 0 Å². The average molecular weight is 296 g/mol. The minimum absolute atomic E-state index is 0.379. The van der Waals surface area contributed by atoms with Crippen molar-refractivity contribution in [1.29, 1.82) is 0 Å². The number of methoxy groups -OCH3 is 1. The molecule has 1 fully saturated rings. The van der Waals surface area contributed by atoms with Crippen LogP contribution in [0.4, 0.5) is 0 Å². The van der Waals surface area contributed by atoms with E-state index in [1.165, 1.54) is 7.11 Å². The lowest BCUT2D eigenvalue weighted by Gasteiger charge is -2.10. The molecule has 2 atom stereocenters. The van der Waals surface area contributed by atoms with Crippen molar-refractivity contribution in [3.63, 3.8) is 0 Å². The molecule has 3 nitrogen and oxygen atoms in total. The highest BCUT2D eigenvalue weighted by molar-refractivity contribution is 6.42. The van der Waals surface area contributed by atoms with Crippen LogP contribution in [0.15, 0.2) is 18.2 Å². The Balaban J connectivity index is 2.36. The zero-order valence-electron chi connectivity index (χ0n) is 9.09. The highest BCUT2D eigenvalue weighted by atomic mass is 35.5. The Morgan fingerprint density at radius 3 is 2.53 bits per heavy atom. The van der Waals surface area contributed by atoms with Gasteiger partial charge in [0.1, 0.15) is 5.60 Å². The number of carbonyl (C=O) groups is 1. The molecule has 1 aromatic rings. The van der Waals surface area contributed by atoms with Crippen LogP contribution in [0.1, 0.15) is 12.5 Å². The van der Waals surface area contributed by atoms with E-state index in [9.17, 15) is 4.79 Å². The summed E-state index contributed by atoms with van der Waals surface area (Å²) in [6.07, 6.45) is 0. The molecule has 0 radical (unpaired) electrons. The van der Waals surface area contributed by atoms with Gasteiger partial charge in [0.2, 0.25) is 0 Å². The summed E-state index contributed by atoms with van der Waals surface area (Å²) in [5.74, 6) is -0.632. The van der Waals surface area contributed by atoms with Crippen molar-refractivity contribution in [3.8, 4) is 0 Å². The van der Waals surface area contributed by atoms with E-state index in [0.29, 0.717) is 15.6 Å². The quantitative estimate of drug-likeness (QED) is 0.477. The van der Waals surface area contributed by atoms with E-state index in [2.05, 4.69) is 4.74 Å². The molecule has 2 unspecified atom stereocenters. The first-order chi connectivity index (χ1) is 7.85. The molecule has 1 saturated heterocycles. The molecule has 6 heteroatoms. The number of epoxide rings is 1. The first-order valence-corrected chi connectivity index (χ1v) is 5.91. The smallest absolute Gasteiger partial charge is 0.357 e. The minimum Gasteiger partial charge on any atom is -0.466 e. The fraction of sp³-hybridized carbons (Fsp3) is 0.364. The highest BCUT2D eigenvalue weighted by Gasteiger charge is 2.73. The average Bonchev–Trinajstić information content (AvgIpc) is 2.87. The first kappa shape index (κ1) is 13.0. The van der Waals surface area contributed by atoms with Gasteiger partial charge in [-0.3, -0.25) is 0 Å². The van der Waals surface area contributed by atoms with Crippen molar-refractivity contribution in [3.05, 3.63) is 33.8 Å². The van der Waals surface area contributed by atoms with Gasteiger partial charge in [-0.15, -0.1) is 0 Å². The zero-order chi connectivity index (χ0) is 12.8. The van der Waals surface area contributed by atoms with Crippen molar-refractivity contribution in [2.45, 2.75) is 17.6 Å². The molecule has 1 aliphatic heterocycles. The molecule has 0 aliphatic carbocycles. The third kappa shape index (κ3) is 1.82. The van der Waals surface area contributed by atoms with Crippen LogP contribution in [0.3, 0.4) is 0 Å². The molecular weight excluding hydrogens is 286 g/mol. The fourth-order valence-electron chi connectivity index (χ4n) is 1.66. The molecular formula is C11H9Cl3O3. The highest BCUT2D eigenvalue weighted by Crippen LogP contribution is 2.59. The topological polar surface area (TPSA) is 38.8 Å². The molecule has 0 saturated carbocycles. The first-order valence-electron chi connectivity index (χ1n) is 4.78. The number of esters is 1. The Bertz CT molecular complexity index is 491. The fourth-order valence-corrected chi connectivity index (χ4v) is 2.30. The summed E-state index contributed by atoms with van der Waals surface area (Å²) in [5.41, 5.74) is -0.275. The van der Waals surface area contributed by atoms with Crippen LogP contribution in [0.2, 0.25) is 10.0 Å². The van der Waals surface area contributed by atoms with E-state index < -0.39 is 16.6 Å². The lowest BCUT2D eigenvalue weighted by Crippen LogP contribution is -2.26. The second-order valence-corrected chi connectivity index (χ2v) is 5.20. The molecule has 0 N–H and O–H groups in total. The van der Waals surface area contributed by atoms with Crippen LogP contribution in [0.25, 0.3) is 0 Å². The van der Waals surface area contributed by atoms with Gasteiger partial charge < -0.3 is 9.47 Å². The number of alkyl halides is 1. The SMILES string of the molecule is COC(=O)C1(Cl)OC1(C)c1ccc(Cl)c(Cl)c1. The standard InChI is InChI=1S/C11H9Cl3O3/c1-10(11(14,17-10)9(15)16-2)6-3-4-7(12)8(13)5-6/h3-5H,1-2H3. The van der Waals surface area contributed by atoms with Crippen molar-refractivity contribution >= 4 is 40.8 Å². The summed E-state index contributed by atoms with van der Waals surface area (Å²) in [6.45, 7) is 1.69. The van der Waals surface area contributed by atoms with Crippen LogP contribution in [-0.2, 0) is 19.9 Å². The third-order valence-electron chi connectivity index (χ3n) is 2.84. The van der Waals surface area contributed by atoms with Gasteiger partial charge in [0, 0.05) is 0 Å². The molecule has 2 rings (SSSR count). The minimum atomic E-state index is -1.49. The molecule has 0 bridgehead atoms. The van der Waals surface area contributed by atoms with E-state index >= 15 is 0 Å². The number of ether oxygens (including phenoxy) is 2. The molecule has 92 valence electrons. The molecule has 1 aromatic carbocycles. The Morgan fingerprint density at radius 1 is 1.35 bits per heavy atom. The largest absolute Gasteiger partial charge is 0.466 e. The zero-order valence-corrected chi connectivity index (χ0v) is 11.4. The second-order valence-electron chi connectivity index (χ2n) is 3.85. The van der Waals surface area contributed by atoms with E-state index in [1.807, 2.05) is 0 Å². The van der Waals surface area contributed by atoms with Crippen LogP contribution >= 0.6 is 34.8 Å². The van der Waals surface area contributed by atoms with Crippen molar-refractivity contribution in [2.75, 3.05) is 7.11 Å². The molecule has 0 aromatic heterocycles. The Labute approximate surface area is 114 Å². The molecule has 0 spiro atoms. The lowest BCUT2D eigenvalue weighted by atomic mass is 9.97. The van der Waals surface area contributed by atoms with Gasteiger partial charge >= 0.3 is 5.97 Å². The van der Waals surface area contributed by atoms with Crippen LogP contribution in [0, 0.1) is 0 Å². The molecule has 1 aliphatic rings. The molecule has 0 amide bonds. The van der Waals surface area contributed by atoms with Gasteiger partial charge in [-0.2, -0.15) is 0 Å². The predicted octanol–water partition coefficient (Wildman–Crippen LogP) is 3.35. The molecule has 1 heterocycles. The number of hydrogen-bond acceptors (Lipinski definition) is 3. The van der Waals surface area contributed by atoms with Gasteiger partial charge in [0.25, 0.3) is 5.06 Å². The monoisotopic (exact) mass is 294 g/mol. The van der Waals surface area contributed by atoms with Crippen LogP contribution < -0.4 is 0 Å². The summed E-state index contributed by atoms with van der Waals surface area (Å²) in [5, 5.41) is -0.679. The lowest BCUT2D eigenvalue weighted by molar-refractivity contribution is -0.143. The van der Waals surface area contributed by atoms with E-state index in [0.717, 1.165) is 0 Å². The van der Waals surface area contributed by atoms with Crippen molar-refractivity contribution in [1.82, 2.24) is 0 Å². The third-order valence-corrected chi connectivity index (χ3v) is 4.17. The summed E-state index contributed by atoms with van der Waals surface area (Å²) in [4.78, 5) is 11.5. The Kier molecular flexibility index (Phi) is 3.07. The maximum absolute atomic E-state index is 11.5. The summed E-state index contributed by atoms with van der Waals surface area (Å²) in [7, 11) is 1.25. The van der Waals surface area contributed by atoms with Crippen LogP contribution in [-0.4, -0.2) is 18.1 Å². The predicted molar refractivity (Wildman–Crippen MR) is 65.5 cm³/mol. The van der Waals surface area contributed by atoms with Crippen LogP contribution in [0.5, 0.6) is 0 Å². The number of carbonyl (C=O) groups excluding carboxylic acids is 1. The summed E-state index contributed by atoms with van der Waals surface area (Å²) < 4.78 is 9.91. The maximum Gasteiger partial charge on any atom is 0.357 e. The van der Waals surface area contributed by atoms with Crippen molar-refractivity contribution in [2.24, 2.45) is 0 Å². The molecule has 17 heavy (non-hydrogen) atoms. The van der Waals surface area contributed by atoms with Gasteiger partial charge in [-0.25, -0.2) is 4.79 Å². The van der Waals surface area contributed by atoms with E-state index in [1.54, 1.807) is 25.1 Å². The second kappa shape index (κ2) is 4.02. The maximum atomic E-state index is 11.5. The number of rotatable bonds is 2. The van der Waals surface area contributed by atoms with Gasteiger partial charge in [-0.1, -0.05) is 40.9 Å². The Morgan fingerprint density at radius 2 is 2.00 bits per heavy atom. The Hall–Kier alpha value is -0.480. The summed E-state index contributed by atoms with van der Waals surface area (Å²) >= 11 is 17.8. The number of benzene rings is 1.